The number of benzene rings is 1. The Balaban J connectivity index is 1.48. The summed E-state index contributed by atoms with van der Waals surface area (Å²) >= 11 is 0. The van der Waals surface area contributed by atoms with E-state index in [1.807, 2.05) is 18.2 Å². The number of carbonyl (C=O) groups excluding carboxylic acids is 1. The second-order valence-corrected chi connectivity index (χ2v) is 7.17. The van der Waals surface area contributed by atoms with Gasteiger partial charge in [-0.05, 0) is 29.8 Å². The zero-order chi connectivity index (χ0) is 20.1. The number of anilines is 1. The smallest absolute Gasteiger partial charge is 0.254 e. The van der Waals surface area contributed by atoms with Crippen LogP contribution in [-0.4, -0.2) is 41.5 Å². The van der Waals surface area contributed by atoms with Crippen LogP contribution in [-0.2, 0) is 18.0 Å². The first-order valence-corrected chi connectivity index (χ1v) is 9.30. The number of fused-ring (bicyclic) bond motifs is 4. The summed E-state index contributed by atoms with van der Waals surface area (Å²) in [6, 6.07) is 8.92. The molecule has 5 rings (SSSR count). The van der Waals surface area contributed by atoms with E-state index in [9.17, 15) is 4.79 Å². The molecule has 29 heavy (non-hydrogen) atoms. The minimum Gasteiger partial charge on any atom is -0.481 e. The molecule has 148 valence electrons. The molecule has 0 unspecified atom stereocenters. The number of hydrogen-bond acceptors (Lipinski definition) is 7. The lowest BCUT2D eigenvalue weighted by Crippen LogP contribution is -2.32. The van der Waals surface area contributed by atoms with Crippen LogP contribution in [0.15, 0.2) is 30.3 Å². The van der Waals surface area contributed by atoms with Crippen molar-refractivity contribution in [1.29, 1.82) is 0 Å². The van der Waals surface area contributed by atoms with Gasteiger partial charge in [0.2, 0.25) is 11.8 Å². The molecule has 1 aromatic carbocycles. The van der Waals surface area contributed by atoms with Crippen LogP contribution in [0.3, 0.4) is 0 Å². The van der Waals surface area contributed by atoms with E-state index in [1.165, 1.54) is 0 Å². The van der Waals surface area contributed by atoms with Gasteiger partial charge in [0, 0.05) is 35.2 Å². The summed E-state index contributed by atoms with van der Waals surface area (Å²) in [5, 5.41) is 0.903. The molecule has 2 aliphatic rings. The van der Waals surface area contributed by atoms with Crippen molar-refractivity contribution in [3.8, 4) is 11.8 Å². The lowest BCUT2D eigenvalue weighted by molar-refractivity contribution is 0.0708. The SMILES string of the molecule is COc1ccc2c(n1)OC[C@@H]2N(C)C(=O)c1ccc2nc(N)c3c(c2c1)COC3. The first-order chi connectivity index (χ1) is 14.1. The van der Waals surface area contributed by atoms with Crippen LogP contribution in [0.1, 0.15) is 33.1 Å². The van der Waals surface area contributed by atoms with Crippen molar-refractivity contribution in [2.75, 3.05) is 26.5 Å². The van der Waals surface area contributed by atoms with Gasteiger partial charge < -0.3 is 24.8 Å². The fraction of sp³-hybridized carbons (Fsp3) is 0.286. The lowest BCUT2D eigenvalue weighted by atomic mass is 10.0. The van der Waals surface area contributed by atoms with Crippen LogP contribution in [0.5, 0.6) is 11.8 Å². The molecule has 2 aromatic heterocycles. The number of nitrogens with zero attached hydrogens (tertiary/aromatic N) is 3. The number of nitrogens with two attached hydrogens (primary N) is 1. The largest absolute Gasteiger partial charge is 0.481 e. The summed E-state index contributed by atoms with van der Waals surface area (Å²) in [5.41, 5.74) is 10.2. The Morgan fingerprint density at radius 3 is 2.86 bits per heavy atom. The van der Waals surface area contributed by atoms with Crippen molar-refractivity contribution in [1.82, 2.24) is 14.9 Å². The van der Waals surface area contributed by atoms with Crippen molar-refractivity contribution in [3.05, 3.63) is 52.6 Å². The Bertz CT molecular complexity index is 1150. The third kappa shape index (κ3) is 2.75. The monoisotopic (exact) mass is 392 g/mol. The Hall–Kier alpha value is -3.39. The number of pyridine rings is 2. The van der Waals surface area contributed by atoms with Crippen LogP contribution >= 0.6 is 0 Å². The minimum atomic E-state index is -0.217. The van der Waals surface area contributed by atoms with Gasteiger partial charge in [-0.2, -0.15) is 4.98 Å². The lowest BCUT2D eigenvalue weighted by Gasteiger charge is -2.24. The summed E-state index contributed by atoms with van der Waals surface area (Å²) < 4.78 is 16.4. The van der Waals surface area contributed by atoms with Gasteiger partial charge in [-0.15, -0.1) is 0 Å². The van der Waals surface area contributed by atoms with E-state index in [0.29, 0.717) is 43.0 Å². The summed E-state index contributed by atoms with van der Waals surface area (Å²) in [4.78, 5) is 23.7. The molecule has 4 heterocycles. The molecular weight excluding hydrogens is 372 g/mol. The molecule has 0 aliphatic carbocycles. The predicted molar refractivity (Wildman–Crippen MR) is 106 cm³/mol. The standard InChI is InChI=1S/C21H20N4O4/c1-25(17-10-29-20-12(17)4-6-18(24-20)27-2)21(26)11-3-5-16-13(7-11)14-8-28-9-15(14)19(22)23-16/h3-7,17H,8-10H2,1-2H3,(H2,22,23)/t17-/m0/s1. The number of aromatic nitrogens is 2. The van der Waals surface area contributed by atoms with Gasteiger partial charge >= 0.3 is 0 Å². The first kappa shape index (κ1) is 17.7. The number of carbonyl (C=O) groups is 1. The number of likely N-dealkylation sites (N-methyl/N-ethyl adjacent to an activating group) is 1. The Kier molecular flexibility index (Phi) is 4.02. The number of nitrogen functional groups attached to an aromatic ring is 1. The molecule has 1 atom stereocenters. The molecule has 0 fully saturated rings. The quantitative estimate of drug-likeness (QED) is 0.731. The number of hydrogen-bond donors (Lipinski definition) is 1. The molecule has 0 saturated carbocycles. The zero-order valence-electron chi connectivity index (χ0n) is 16.1. The fourth-order valence-electron chi connectivity index (χ4n) is 3.93. The summed E-state index contributed by atoms with van der Waals surface area (Å²) in [5.74, 6) is 1.37. The second-order valence-electron chi connectivity index (χ2n) is 7.17. The highest BCUT2D eigenvalue weighted by Crippen LogP contribution is 2.36. The van der Waals surface area contributed by atoms with Crippen LogP contribution < -0.4 is 15.2 Å². The number of rotatable bonds is 3. The van der Waals surface area contributed by atoms with Crippen molar-refractivity contribution >= 4 is 22.6 Å². The van der Waals surface area contributed by atoms with E-state index >= 15 is 0 Å². The molecule has 3 aromatic rings. The Labute approximate surface area is 167 Å². The predicted octanol–water partition coefficient (Wildman–Crippen LogP) is 2.46. The third-order valence-electron chi connectivity index (χ3n) is 5.57. The van der Waals surface area contributed by atoms with Gasteiger partial charge in [-0.1, -0.05) is 0 Å². The summed E-state index contributed by atoms with van der Waals surface area (Å²) in [6.07, 6.45) is 0. The highest BCUT2D eigenvalue weighted by Gasteiger charge is 2.32. The van der Waals surface area contributed by atoms with Gasteiger partial charge in [0.25, 0.3) is 5.91 Å². The average molecular weight is 392 g/mol. The zero-order valence-corrected chi connectivity index (χ0v) is 16.1. The molecule has 8 nitrogen and oxygen atoms in total. The number of ether oxygens (including phenoxy) is 3. The molecule has 0 spiro atoms. The average Bonchev–Trinajstić information content (AvgIpc) is 3.40. The van der Waals surface area contributed by atoms with Gasteiger partial charge in [0.1, 0.15) is 12.4 Å². The van der Waals surface area contributed by atoms with Crippen LogP contribution in [0.2, 0.25) is 0 Å². The maximum atomic E-state index is 13.2. The van der Waals surface area contributed by atoms with E-state index in [1.54, 1.807) is 31.2 Å². The van der Waals surface area contributed by atoms with E-state index in [2.05, 4.69) is 9.97 Å². The molecule has 0 saturated heterocycles. The van der Waals surface area contributed by atoms with Crippen LogP contribution in [0, 0.1) is 0 Å². The molecule has 2 aliphatic heterocycles. The van der Waals surface area contributed by atoms with Crippen molar-refractivity contribution in [2.45, 2.75) is 19.3 Å². The van der Waals surface area contributed by atoms with E-state index < -0.39 is 0 Å². The molecule has 2 N–H and O–H groups in total. The number of amides is 1. The Morgan fingerprint density at radius 1 is 1.21 bits per heavy atom. The maximum absolute atomic E-state index is 13.2. The van der Waals surface area contributed by atoms with E-state index in [4.69, 9.17) is 19.9 Å². The third-order valence-corrected chi connectivity index (χ3v) is 5.57. The molecular formula is C21H20N4O4. The summed E-state index contributed by atoms with van der Waals surface area (Å²) in [6.45, 7) is 1.28. The van der Waals surface area contributed by atoms with Crippen LogP contribution in [0.4, 0.5) is 5.82 Å². The topological polar surface area (TPSA) is 99.8 Å². The van der Waals surface area contributed by atoms with E-state index in [0.717, 1.165) is 27.6 Å². The summed E-state index contributed by atoms with van der Waals surface area (Å²) in [7, 11) is 3.33. The normalized spacial score (nSPS) is 17.0. The van der Waals surface area contributed by atoms with Crippen molar-refractivity contribution in [2.24, 2.45) is 0 Å². The van der Waals surface area contributed by atoms with E-state index in [-0.39, 0.29) is 11.9 Å². The fourth-order valence-corrected chi connectivity index (χ4v) is 3.93. The van der Waals surface area contributed by atoms with Gasteiger partial charge in [0.05, 0.1) is 31.9 Å². The molecule has 8 heteroatoms. The second kappa shape index (κ2) is 6.59. The highest BCUT2D eigenvalue weighted by molar-refractivity contribution is 5.99. The minimum absolute atomic E-state index is 0.103. The molecule has 0 radical (unpaired) electrons. The maximum Gasteiger partial charge on any atom is 0.254 e. The number of methoxy groups -OCH3 is 1. The van der Waals surface area contributed by atoms with Crippen molar-refractivity contribution in [3.63, 3.8) is 0 Å². The van der Waals surface area contributed by atoms with Gasteiger partial charge in [0.15, 0.2) is 0 Å². The molecule has 0 bridgehead atoms. The van der Waals surface area contributed by atoms with Crippen molar-refractivity contribution < 1.29 is 19.0 Å². The highest BCUT2D eigenvalue weighted by atomic mass is 16.5. The Morgan fingerprint density at radius 2 is 2.03 bits per heavy atom. The van der Waals surface area contributed by atoms with Crippen LogP contribution in [0.25, 0.3) is 10.9 Å². The molecule has 1 amide bonds. The first-order valence-electron chi connectivity index (χ1n) is 9.30. The van der Waals surface area contributed by atoms with Gasteiger partial charge in [-0.25, -0.2) is 4.98 Å². The van der Waals surface area contributed by atoms with Gasteiger partial charge in [-0.3, -0.25) is 4.79 Å².